The maximum atomic E-state index is 5.97. The topological polar surface area (TPSA) is 38.7 Å². The van der Waals surface area contributed by atoms with Gasteiger partial charge in [-0.1, -0.05) is 34.8 Å². The van der Waals surface area contributed by atoms with Crippen LogP contribution in [-0.2, 0) is 3.79 Å². The molecule has 0 unspecified atom stereocenters. The lowest BCUT2D eigenvalue weighted by Crippen LogP contribution is -2.44. The molecule has 6 heteroatoms. The van der Waals surface area contributed by atoms with Crippen molar-refractivity contribution in [3.63, 3.8) is 0 Å². The van der Waals surface area contributed by atoms with Crippen LogP contribution >= 0.6 is 34.8 Å². The molecule has 4 bridgehead atoms. The van der Waals surface area contributed by atoms with Crippen LogP contribution in [0.3, 0.4) is 0 Å². The third-order valence-electron chi connectivity index (χ3n) is 5.54. The predicted molar refractivity (Wildman–Crippen MR) is 83.6 cm³/mol. The molecular weight excluding hydrogens is 329 g/mol. The van der Waals surface area contributed by atoms with E-state index in [1.807, 2.05) is 6.92 Å². The molecule has 1 aromatic heterocycles. The average molecular weight is 347 g/mol. The van der Waals surface area contributed by atoms with Crippen molar-refractivity contribution < 1.29 is 0 Å². The lowest BCUT2D eigenvalue weighted by Gasteiger charge is -2.53. The van der Waals surface area contributed by atoms with Gasteiger partial charge in [0.25, 0.3) is 0 Å². The average Bonchev–Trinajstić information content (AvgIpc) is 2.35. The van der Waals surface area contributed by atoms with Crippen molar-refractivity contribution in [1.29, 1.82) is 0 Å². The predicted octanol–water partition coefficient (Wildman–Crippen LogP) is 4.55. The highest BCUT2D eigenvalue weighted by molar-refractivity contribution is 6.66. The molecule has 4 saturated carbocycles. The molecule has 5 rings (SSSR count). The first-order valence-electron chi connectivity index (χ1n) is 7.70. The van der Waals surface area contributed by atoms with E-state index in [-0.39, 0.29) is 5.82 Å². The van der Waals surface area contributed by atoms with E-state index in [0.717, 1.165) is 17.7 Å². The van der Waals surface area contributed by atoms with Gasteiger partial charge in [0.15, 0.2) is 5.82 Å². The summed E-state index contributed by atoms with van der Waals surface area (Å²) >= 11 is 17.9. The van der Waals surface area contributed by atoms with Crippen LogP contribution in [0.15, 0.2) is 0 Å². The van der Waals surface area contributed by atoms with Crippen molar-refractivity contribution in [3.05, 3.63) is 17.5 Å². The molecule has 0 radical (unpaired) electrons. The van der Waals surface area contributed by atoms with Crippen molar-refractivity contribution in [3.8, 4) is 0 Å². The number of hydrogen-bond acceptors (Lipinski definition) is 3. The van der Waals surface area contributed by atoms with E-state index < -0.39 is 3.79 Å². The maximum absolute atomic E-state index is 5.97. The normalized spacial score (nSPS) is 38.0. The smallest absolute Gasteiger partial charge is 0.218 e. The molecule has 1 aromatic rings. The van der Waals surface area contributed by atoms with Gasteiger partial charge < -0.3 is 0 Å². The van der Waals surface area contributed by atoms with Gasteiger partial charge >= 0.3 is 0 Å². The number of nitrogens with zero attached hydrogens (tertiary/aromatic N) is 3. The summed E-state index contributed by atoms with van der Waals surface area (Å²) in [6, 6.07) is 0. The monoisotopic (exact) mass is 345 g/mol. The van der Waals surface area contributed by atoms with E-state index in [2.05, 4.69) is 15.0 Å². The van der Waals surface area contributed by atoms with Gasteiger partial charge in [-0.25, -0.2) is 15.0 Å². The third kappa shape index (κ3) is 2.55. The molecule has 0 atom stereocenters. The molecule has 0 N–H and O–H groups in total. The van der Waals surface area contributed by atoms with Gasteiger partial charge in [0, 0.05) is 5.92 Å². The van der Waals surface area contributed by atoms with E-state index >= 15 is 0 Å². The van der Waals surface area contributed by atoms with Gasteiger partial charge in [-0.05, 0) is 62.7 Å². The van der Waals surface area contributed by atoms with Crippen molar-refractivity contribution in [2.45, 2.75) is 48.7 Å². The minimum absolute atomic E-state index is 0.267. The van der Waals surface area contributed by atoms with Crippen molar-refractivity contribution >= 4 is 34.8 Å². The molecule has 3 nitrogen and oxygen atoms in total. The molecule has 4 aliphatic carbocycles. The van der Waals surface area contributed by atoms with Crippen LogP contribution in [0.2, 0.25) is 0 Å². The number of alkyl halides is 3. The van der Waals surface area contributed by atoms with Gasteiger partial charge in [0.2, 0.25) is 3.79 Å². The molecule has 0 spiro atoms. The van der Waals surface area contributed by atoms with Crippen LogP contribution in [0, 0.1) is 30.6 Å². The Bertz CT molecular complexity index is 542. The van der Waals surface area contributed by atoms with E-state index in [0.29, 0.717) is 23.6 Å². The number of aryl methyl sites for hydroxylation is 1. The van der Waals surface area contributed by atoms with E-state index in [9.17, 15) is 0 Å². The molecule has 0 amide bonds. The lowest BCUT2D eigenvalue weighted by molar-refractivity contribution is -0.00585. The highest BCUT2D eigenvalue weighted by Gasteiger charge is 2.50. The molecule has 0 aliphatic heterocycles. The number of hydrogen-bond donors (Lipinski definition) is 0. The largest absolute Gasteiger partial charge is 0.250 e. The van der Waals surface area contributed by atoms with Crippen molar-refractivity contribution in [2.24, 2.45) is 23.7 Å². The van der Waals surface area contributed by atoms with Crippen LogP contribution in [0.25, 0.3) is 0 Å². The maximum Gasteiger partial charge on any atom is 0.250 e. The fourth-order valence-electron chi connectivity index (χ4n) is 5.13. The zero-order valence-electron chi connectivity index (χ0n) is 11.9. The quantitative estimate of drug-likeness (QED) is 0.700. The summed E-state index contributed by atoms with van der Waals surface area (Å²) in [4.78, 5) is 13.3. The van der Waals surface area contributed by atoms with Crippen LogP contribution in [0.5, 0.6) is 0 Å². The van der Waals surface area contributed by atoms with Crippen LogP contribution in [0.1, 0.15) is 55.5 Å². The van der Waals surface area contributed by atoms with Gasteiger partial charge in [-0.15, -0.1) is 0 Å². The third-order valence-corrected chi connectivity index (χ3v) is 6.05. The Kier molecular flexibility index (Phi) is 3.40. The van der Waals surface area contributed by atoms with Crippen LogP contribution < -0.4 is 0 Å². The molecule has 4 fully saturated rings. The molecule has 1 heterocycles. The first-order chi connectivity index (χ1) is 9.90. The zero-order chi connectivity index (χ0) is 14.8. The fraction of sp³-hybridized carbons (Fsp3) is 0.800. The summed E-state index contributed by atoms with van der Waals surface area (Å²) in [5.41, 5.74) is 0. The summed E-state index contributed by atoms with van der Waals surface area (Å²) in [7, 11) is 0. The Balaban J connectivity index is 1.72. The second-order valence-corrected chi connectivity index (χ2v) is 9.30. The lowest BCUT2D eigenvalue weighted by atomic mass is 9.51. The Morgan fingerprint density at radius 1 is 0.857 bits per heavy atom. The summed E-state index contributed by atoms with van der Waals surface area (Å²) in [6.07, 6.45) is 6.74. The summed E-state index contributed by atoms with van der Waals surface area (Å²) in [5.74, 6) is 5.50. The molecule has 114 valence electrons. The van der Waals surface area contributed by atoms with E-state index in [1.54, 1.807) is 0 Å². The van der Waals surface area contributed by atoms with Gasteiger partial charge in [0.1, 0.15) is 11.6 Å². The summed E-state index contributed by atoms with van der Waals surface area (Å²) in [5, 5.41) is 0. The number of halogens is 3. The van der Waals surface area contributed by atoms with Gasteiger partial charge in [-0.3, -0.25) is 0 Å². The second-order valence-electron chi connectivity index (χ2n) is 7.02. The Labute approximate surface area is 139 Å². The summed E-state index contributed by atoms with van der Waals surface area (Å²) < 4.78 is -1.58. The zero-order valence-corrected chi connectivity index (χ0v) is 14.2. The van der Waals surface area contributed by atoms with Crippen LogP contribution in [-0.4, -0.2) is 15.0 Å². The minimum Gasteiger partial charge on any atom is -0.218 e. The molecule has 0 saturated heterocycles. The number of rotatable bonds is 1. The summed E-state index contributed by atoms with van der Waals surface area (Å²) in [6.45, 7) is 1.85. The van der Waals surface area contributed by atoms with Crippen molar-refractivity contribution in [2.75, 3.05) is 0 Å². The Morgan fingerprint density at radius 2 is 1.43 bits per heavy atom. The first-order valence-corrected chi connectivity index (χ1v) is 8.83. The van der Waals surface area contributed by atoms with Gasteiger partial charge in [0.05, 0.1) is 0 Å². The van der Waals surface area contributed by atoms with Crippen molar-refractivity contribution in [1.82, 2.24) is 15.0 Å². The van der Waals surface area contributed by atoms with Gasteiger partial charge in [-0.2, -0.15) is 0 Å². The first kappa shape index (κ1) is 14.5. The molecule has 21 heavy (non-hydrogen) atoms. The van der Waals surface area contributed by atoms with E-state index in [4.69, 9.17) is 34.8 Å². The Hall–Kier alpha value is -0.120. The molecule has 0 aromatic carbocycles. The standard InChI is InChI=1S/C15H18Cl3N3/c1-7-19-13(21-14(20-7)15(16,17)18)12-10-3-8-2-9(5-10)6-11(12)4-8/h8-12H,2-6H2,1H3. The molecular formula is C15H18Cl3N3. The molecule has 4 aliphatic rings. The second kappa shape index (κ2) is 4.94. The van der Waals surface area contributed by atoms with Crippen LogP contribution in [0.4, 0.5) is 0 Å². The Morgan fingerprint density at radius 3 is 1.95 bits per heavy atom. The van der Waals surface area contributed by atoms with E-state index in [1.165, 1.54) is 32.1 Å². The highest BCUT2D eigenvalue weighted by atomic mass is 35.6. The number of aromatic nitrogens is 3. The highest BCUT2D eigenvalue weighted by Crippen LogP contribution is 2.59. The minimum atomic E-state index is -1.58. The fourth-order valence-corrected chi connectivity index (χ4v) is 5.38. The SMILES string of the molecule is Cc1nc(C2C3CC4CC(C3)CC2C4)nc(C(Cl)(Cl)Cl)n1.